The van der Waals surface area contributed by atoms with Crippen molar-refractivity contribution in [3.05, 3.63) is 47.6 Å². The first-order valence-corrected chi connectivity index (χ1v) is 7.47. The lowest BCUT2D eigenvalue weighted by Gasteiger charge is -2.22. The van der Waals surface area contributed by atoms with E-state index in [9.17, 15) is 5.11 Å². The van der Waals surface area contributed by atoms with Crippen molar-refractivity contribution in [2.75, 3.05) is 5.32 Å². The Morgan fingerprint density at radius 2 is 1.86 bits per heavy atom. The average Bonchev–Trinajstić information content (AvgIpc) is 2.76. The van der Waals surface area contributed by atoms with Crippen LogP contribution in [0.3, 0.4) is 0 Å². The number of anilines is 1. The molecule has 0 spiro atoms. The van der Waals surface area contributed by atoms with E-state index >= 15 is 0 Å². The summed E-state index contributed by atoms with van der Waals surface area (Å²) < 4.78 is 1.91. The van der Waals surface area contributed by atoms with Crippen molar-refractivity contribution in [3.8, 4) is 17.0 Å². The molecule has 0 saturated carbocycles. The number of aromatic hydroxyl groups is 1. The summed E-state index contributed by atoms with van der Waals surface area (Å²) >= 11 is 6.12. The molecule has 0 amide bonds. The van der Waals surface area contributed by atoms with Crippen LogP contribution in [0.4, 0.5) is 5.82 Å². The number of rotatable bonds is 2. The maximum absolute atomic E-state index is 10.2. The number of phenolic OH excluding ortho intramolecular Hbond substituents is 1. The fourth-order valence-electron chi connectivity index (χ4n) is 2.36. The summed E-state index contributed by atoms with van der Waals surface area (Å²) in [6.45, 7) is 6.22. The molecule has 114 valence electrons. The fourth-order valence-corrected chi connectivity index (χ4v) is 2.52. The number of hydrogen-bond acceptors (Lipinski definition) is 3. The van der Waals surface area contributed by atoms with E-state index in [0.29, 0.717) is 16.3 Å². The molecule has 0 unspecified atom stereocenters. The molecule has 0 aliphatic heterocycles. The van der Waals surface area contributed by atoms with Crippen LogP contribution in [-0.4, -0.2) is 20.0 Å². The molecule has 0 aliphatic rings. The summed E-state index contributed by atoms with van der Waals surface area (Å²) in [5.74, 6) is 1.01. The van der Waals surface area contributed by atoms with Gasteiger partial charge in [-0.05, 0) is 45.0 Å². The van der Waals surface area contributed by atoms with Crippen LogP contribution >= 0.6 is 11.6 Å². The largest absolute Gasteiger partial charge is 0.507 e. The van der Waals surface area contributed by atoms with Crippen molar-refractivity contribution in [1.29, 1.82) is 0 Å². The molecule has 5 heteroatoms. The molecule has 3 aromatic rings. The quantitative estimate of drug-likeness (QED) is 0.728. The SMILES string of the molecule is CC(C)(C)Nc1c(-c2ccccc2O)nc2ccc(Cl)cn12. The molecule has 0 saturated heterocycles. The molecule has 0 fully saturated rings. The molecule has 0 atom stereocenters. The van der Waals surface area contributed by atoms with E-state index in [1.165, 1.54) is 0 Å². The first-order chi connectivity index (χ1) is 10.3. The number of hydrogen-bond donors (Lipinski definition) is 2. The lowest BCUT2D eigenvalue weighted by Crippen LogP contribution is -2.27. The van der Waals surface area contributed by atoms with Gasteiger partial charge in [-0.2, -0.15) is 0 Å². The van der Waals surface area contributed by atoms with Crippen LogP contribution in [0.1, 0.15) is 20.8 Å². The van der Waals surface area contributed by atoms with Gasteiger partial charge in [-0.1, -0.05) is 23.7 Å². The van der Waals surface area contributed by atoms with Crippen molar-refractivity contribution in [3.63, 3.8) is 0 Å². The summed E-state index contributed by atoms with van der Waals surface area (Å²) in [6, 6.07) is 10.9. The van der Waals surface area contributed by atoms with Gasteiger partial charge in [0.05, 0.1) is 5.02 Å². The minimum atomic E-state index is -0.155. The number of phenols is 1. The third-order valence-electron chi connectivity index (χ3n) is 3.24. The molecular formula is C17H18ClN3O. The first-order valence-electron chi connectivity index (χ1n) is 7.09. The molecule has 4 nitrogen and oxygen atoms in total. The van der Waals surface area contributed by atoms with Crippen LogP contribution in [0, 0.1) is 0 Å². The van der Waals surface area contributed by atoms with E-state index in [-0.39, 0.29) is 11.3 Å². The second-order valence-electron chi connectivity index (χ2n) is 6.28. The summed E-state index contributed by atoms with van der Waals surface area (Å²) in [7, 11) is 0. The molecule has 0 aliphatic carbocycles. The highest BCUT2D eigenvalue weighted by Crippen LogP contribution is 2.36. The highest BCUT2D eigenvalue weighted by molar-refractivity contribution is 6.30. The summed E-state index contributed by atoms with van der Waals surface area (Å²) in [5.41, 5.74) is 2.01. The number of benzene rings is 1. The minimum absolute atomic E-state index is 0.155. The van der Waals surface area contributed by atoms with E-state index in [2.05, 4.69) is 31.1 Å². The third kappa shape index (κ3) is 2.74. The Hall–Kier alpha value is -2.20. The molecule has 1 aromatic carbocycles. The molecular weight excluding hydrogens is 298 g/mol. The van der Waals surface area contributed by atoms with Gasteiger partial charge >= 0.3 is 0 Å². The number of nitrogens with zero attached hydrogens (tertiary/aromatic N) is 2. The predicted octanol–water partition coefficient (Wildman–Crippen LogP) is 4.57. The standard InChI is InChI=1S/C17H18ClN3O/c1-17(2,3)20-16-15(12-6-4-5-7-13(12)22)19-14-9-8-11(18)10-21(14)16/h4-10,20,22H,1-3H3. The maximum atomic E-state index is 10.2. The molecule has 3 rings (SSSR count). The zero-order valence-corrected chi connectivity index (χ0v) is 13.5. The van der Waals surface area contributed by atoms with Gasteiger partial charge in [-0.3, -0.25) is 4.40 Å². The molecule has 2 N–H and O–H groups in total. The Kier molecular flexibility index (Phi) is 3.49. The number of nitrogens with one attached hydrogen (secondary N) is 1. The second kappa shape index (κ2) is 5.21. The highest BCUT2D eigenvalue weighted by atomic mass is 35.5. The van der Waals surface area contributed by atoms with Gasteiger partial charge in [0.15, 0.2) is 0 Å². The first kappa shape index (κ1) is 14.7. The number of para-hydroxylation sites is 1. The maximum Gasteiger partial charge on any atom is 0.139 e. The normalized spacial score (nSPS) is 11.8. The molecule has 2 aromatic heterocycles. The van der Waals surface area contributed by atoms with Crippen molar-refractivity contribution < 1.29 is 5.11 Å². The van der Waals surface area contributed by atoms with Crippen molar-refractivity contribution in [1.82, 2.24) is 9.38 Å². The van der Waals surface area contributed by atoms with Crippen LogP contribution in [0.15, 0.2) is 42.6 Å². The Morgan fingerprint density at radius 1 is 1.14 bits per heavy atom. The van der Waals surface area contributed by atoms with Gasteiger partial charge in [0.2, 0.25) is 0 Å². The van der Waals surface area contributed by atoms with E-state index in [1.54, 1.807) is 18.2 Å². The number of pyridine rings is 1. The molecule has 2 heterocycles. The third-order valence-corrected chi connectivity index (χ3v) is 3.46. The lowest BCUT2D eigenvalue weighted by molar-refractivity contribution is 0.477. The zero-order chi connectivity index (χ0) is 15.9. The molecule has 0 bridgehead atoms. The van der Waals surface area contributed by atoms with Gasteiger partial charge < -0.3 is 10.4 Å². The van der Waals surface area contributed by atoms with Crippen LogP contribution in [0.2, 0.25) is 5.02 Å². The van der Waals surface area contributed by atoms with E-state index in [1.807, 2.05) is 28.8 Å². The average molecular weight is 316 g/mol. The number of imidazole rings is 1. The van der Waals surface area contributed by atoms with Crippen LogP contribution in [-0.2, 0) is 0 Å². The van der Waals surface area contributed by atoms with Crippen molar-refractivity contribution in [2.45, 2.75) is 26.3 Å². The number of fused-ring (bicyclic) bond motifs is 1. The monoisotopic (exact) mass is 315 g/mol. The van der Waals surface area contributed by atoms with E-state index < -0.39 is 0 Å². The Bertz CT molecular complexity index is 834. The Labute approximate surface area is 134 Å². The van der Waals surface area contributed by atoms with Gasteiger partial charge in [0, 0.05) is 17.3 Å². The van der Waals surface area contributed by atoms with Crippen LogP contribution in [0.5, 0.6) is 5.75 Å². The van der Waals surface area contributed by atoms with Gasteiger partial charge in [0.25, 0.3) is 0 Å². The van der Waals surface area contributed by atoms with Crippen LogP contribution < -0.4 is 5.32 Å². The van der Waals surface area contributed by atoms with Crippen molar-refractivity contribution in [2.24, 2.45) is 0 Å². The van der Waals surface area contributed by atoms with Gasteiger partial charge in [-0.25, -0.2) is 4.98 Å². The van der Waals surface area contributed by atoms with Crippen molar-refractivity contribution >= 4 is 23.1 Å². The molecule has 22 heavy (non-hydrogen) atoms. The van der Waals surface area contributed by atoms with Crippen LogP contribution in [0.25, 0.3) is 16.9 Å². The van der Waals surface area contributed by atoms with E-state index in [0.717, 1.165) is 11.5 Å². The fraction of sp³-hybridized carbons (Fsp3) is 0.235. The minimum Gasteiger partial charge on any atom is -0.507 e. The van der Waals surface area contributed by atoms with Gasteiger partial charge in [0.1, 0.15) is 22.9 Å². The zero-order valence-electron chi connectivity index (χ0n) is 12.8. The highest BCUT2D eigenvalue weighted by Gasteiger charge is 2.20. The predicted molar refractivity (Wildman–Crippen MR) is 90.7 cm³/mol. The van der Waals surface area contributed by atoms with E-state index in [4.69, 9.17) is 11.6 Å². The number of halogens is 1. The van der Waals surface area contributed by atoms with Gasteiger partial charge in [-0.15, -0.1) is 0 Å². The number of aromatic nitrogens is 2. The second-order valence-corrected chi connectivity index (χ2v) is 6.71. The summed E-state index contributed by atoms with van der Waals surface area (Å²) in [4.78, 5) is 4.65. The molecule has 0 radical (unpaired) electrons. The topological polar surface area (TPSA) is 49.6 Å². The summed E-state index contributed by atoms with van der Waals surface area (Å²) in [6.07, 6.45) is 1.82. The Morgan fingerprint density at radius 3 is 2.55 bits per heavy atom. The Balaban J connectivity index is 2.29. The lowest BCUT2D eigenvalue weighted by atomic mass is 10.1. The smallest absolute Gasteiger partial charge is 0.139 e. The summed E-state index contributed by atoms with van der Waals surface area (Å²) in [5, 5.41) is 14.3.